The zero-order chi connectivity index (χ0) is 18.6. The fourth-order valence-electron chi connectivity index (χ4n) is 2.08. The molecular formula is C15H15FN2O6S. The number of fused-ring (bicyclic) bond motifs is 1. The average Bonchev–Trinajstić information content (AvgIpc) is 3.15. The Morgan fingerprint density at radius 1 is 1.36 bits per heavy atom. The SMILES string of the molecule is CC(OC(=O)n1ccc2sccc21)C(=O)NC(CC(=O)O)C(=O)CF. The molecule has 0 aliphatic rings. The second-order valence-corrected chi connectivity index (χ2v) is 6.09. The smallest absolute Gasteiger partial charge is 0.419 e. The molecular weight excluding hydrogens is 355 g/mol. The number of hydrogen-bond acceptors (Lipinski definition) is 6. The molecule has 2 heterocycles. The van der Waals surface area contributed by atoms with Crippen LogP contribution < -0.4 is 5.32 Å². The lowest BCUT2D eigenvalue weighted by Gasteiger charge is -2.18. The van der Waals surface area contributed by atoms with Crippen molar-refractivity contribution in [2.24, 2.45) is 0 Å². The summed E-state index contributed by atoms with van der Waals surface area (Å²) in [5, 5.41) is 12.6. The molecule has 10 heteroatoms. The Bertz CT molecular complexity index is 814. The Morgan fingerprint density at radius 3 is 2.72 bits per heavy atom. The number of rotatable bonds is 7. The summed E-state index contributed by atoms with van der Waals surface area (Å²) in [4.78, 5) is 46.2. The van der Waals surface area contributed by atoms with E-state index < -0.39 is 49.0 Å². The topological polar surface area (TPSA) is 115 Å². The summed E-state index contributed by atoms with van der Waals surface area (Å²) in [6, 6.07) is 1.91. The minimum Gasteiger partial charge on any atom is -0.481 e. The molecule has 2 aromatic rings. The second-order valence-electron chi connectivity index (χ2n) is 5.14. The first-order valence-corrected chi connectivity index (χ1v) is 8.07. The zero-order valence-corrected chi connectivity index (χ0v) is 13.9. The molecule has 0 fully saturated rings. The summed E-state index contributed by atoms with van der Waals surface area (Å²) in [6.45, 7) is -0.148. The highest BCUT2D eigenvalue weighted by Crippen LogP contribution is 2.22. The van der Waals surface area contributed by atoms with Crippen LogP contribution in [0.3, 0.4) is 0 Å². The van der Waals surface area contributed by atoms with E-state index in [0.717, 1.165) is 4.70 Å². The Hall–Kier alpha value is -2.75. The summed E-state index contributed by atoms with van der Waals surface area (Å²) >= 11 is 1.43. The van der Waals surface area contributed by atoms with Crippen LogP contribution in [0.5, 0.6) is 0 Å². The maximum Gasteiger partial charge on any atom is 0.419 e. The number of carbonyl (C=O) groups is 4. The number of thiophene rings is 1. The van der Waals surface area contributed by atoms with Crippen molar-refractivity contribution in [2.45, 2.75) is 25.5 Å². The van der Waals surface area contributed by atoms with Crippen molar-refractivity contribution in [3.8, 4) is 0 Å². The van der Waals surface area contributed by atoms with E-state index in [4.69, 9.17) is 9.84 Å². The van der Waals surface area contributed by atoms with E-state index in [0.29, 0.717) is 5.52 Å². The Labute approximate surface area is 145 Å². The molecule has 0 bridgehead atoms. The lowest BCUT2D eigenvalue weighted by molar-refractivity contribution is -0.141. The molecule has 2 N–H and O–H groups in total. The van der Waals surface area contributed by atoms with Crippen LogP contribution in [0.25, 0.3) is 10.2 Å². The van der Waals surface area contributed by atoms with E-state index in [1.165, 1.54) is 29.0 Å². The third-order valence-corrected chi connectivity index (χ3v) is 4.24. The lowest BCUT2D eigenvalue weighted by Crippen LogP contribution is -2.47. The quantitative estimate of drug-likeness (QED) is 0.765. The highest BCUT2D eigenvalue weighted by Gasteiger charge is 2.27. The van der Waals surface area contributed by atoms with Gasteiger partial charge in [0.25, 0.3) is 5.91 Å². The number of Topliss-reactive ketones (excluding diaryl/α,β-unsaturated/α-hetero) is 1. The molecule has 25 heavy (non-hydrogen) atoms. The number of alkyl halides is 1. The van der Waals surface area contributed by atoms with Gasteiger partial charge in [0.2, 0.25) is 0 Å². The molecule has 0 aliphatic carbocycles. The van der Waals surface area contributed by atoms with Gasteiger partial charge >= 0.3 is 12.1 Å². The first-order chi connectivity index (χ1) is 11.8. The van der Waals surface area contributed by atoms with Gasteiger partial charge < -0.3 is 15.2 Å². The molecule has 0 aromatic carbocycles. The Balaban J connectivity index is 2.01. The van der Waals surface area contributed by atoms with Gasteiger partial charge in [0.1, 0.15) is 12.7 Å². The summed E-state index contributed by atoms with van der Waals surface area (Å²) in [6.07, 6.45) is -1.37. The van der Waals surface area contributed by atoms with Crippen molar-refractivity contribution in [1.29, 1.82) is 0 Å². The molecule has 2 atom stereocenters. The monoisotopic (exact) mass is 370 g/mol. The first kappa shape index (κ1) is 18.6. The molecule has 1 amide bonds. The number of carboxylic acid groups (broad SMARTS) is 1. The summed E-state index contributed by atoms with van der Waals surface area (Å²) in [5.74, 6) is -3.33. The third kappa shape index (κ3) is 4.41. The van der Waals surface area contributed by atoms with Gasteiger partial charge in [-0.15, -0.1) is 11.3 Å². The van der Waals surface area contributed by atoms with Gasteiger partial charge in [-0.25, -0.2) is 9.18 Å². The van der Waals surface area contributed by atoms with Crippen LogP contribution in [0.1, 0.15) is 13.3 Å². The number of nitrogens with zero attached hydrogens (tertiary/aromatic N) is 1. The molecule has 0 spiro atoms. The van der Waals surface area contributed by atoms with E-state index in [1.807, 2.05) is 0 Å². The van der Waals surface area contributed by atoms with Crippen LogP contribution >= 0.6 is 11.3 Å². The number of ketones is 1. The number of ether oxygens (including phenoxy) is 1. The van der Waals surface area contributed by atoms with E-state index in [1.54, 1.807) is 17.5 Å². The molecule has 2 rings (SSSR count). The number of aromatic nitrogens is 1. The average molecular weight is 370 g/mol. The van der Waals surface area contributed by atoms with Crippen LogP contribution in [-0.4, -0.2) is 52.2 Å². The van der Waals surface area contributed by atoms with Crippen molar-refractivity contribution in [3.63, 3.8) is 0 Å². The van der Waals surface area contributed by atoms with Crippen molar-refractivity contribution in [1.82, 2.24) is 9.88 Å². The molecule has 0 radical (unpaired) electrons. The summed E-state index contributed by atoms with van der Waals surface area (Å²) < 4.78 is 19.6. The van der Waals surface area contributed by atoms with Crippen LogP contribution in [-0.2, 0) is 19.1 Å². The zero-order valence-electron chi connectivity index (χ0n) is 13.1. The van der Waals surface area contributed by atoms with E-state index in [2.05, 4.69) is 5.32 Å². The number of aliphatic carboxylic acids is 1. The Morgan fingerprint density at radius 2 is 2.08 bits per heavy atom. The molecule has 2 aromatic heterocycles. The normalized spacial score (nSPS) is 13.2. The largest absolute Gasteiger partial charge is 0.481 e. The van der Waals surface area contributed by atoms with Gasteiger partial charge in [-0.1, -0.05) is 0 Å². The van der Waals surface area contributed by atoms with Gasteiger partial charge in [-0.05, 0) is 24.4 Å². The van der Waals surface area contributed by atoms with E-state index >= 15 is 0 Å². The number of carboxylic acids is 1. The van der Waals surface area contributed by atoms with Gasteiger partial charge in [0.05, 0.1) is 16.6 Å². The summed E-state index contributed by atoms with van der Waals surface area (Å²) in [5.41, 5.74) is 0.624. The number of amides is 1. The fraction of sp³-hybridized carbons (Fsp3) is 0.333. The van der Waals surface area contributed by atoms with Crippen molar-refractivity contribution in [3.05, 3.63) is 23.7 Å². The maximum absolute atomic E-state index is 12.5. The minimum atomic E-state index is -1.52. The molecule has 0 saturated heterocycles. The molecule has 0 aliphatic heterocycles. The van der Waals surface area contributed by atoms with Crippen LogP contribution in [0.2, 0.25) is 0 Å². The molecule has 2 unspecified atom stereocenters. The highest BCUT2D eigenvalue weighted by molar-refractivity contribution is 7.17. The second kappa shape index (κ2) is 7.88. The lowest BCUT2D eigenvalue weighted by atomic mass is 10.1. The van der Waals surface area contributed by atoms with Crippen LogP contribution in [0.4, 0.5) is 9.18 Å². The van der Waals surface area contributed by atoms with Crippen molar-refractivity contribution >= 4 is 45.3 Å². The van der Waals surface area contributed by atoms with Crippen molar-refractivity contribution in [2.75, 3.05) is 6.67 Å². The minimum absolute atomic E-state index is 0.624. The predicted molar refractivity (Wildman–Crippen MR) is 86.3 cm³/mol. The van der Waals surface area contributed by atoms with E-state index in [-0.39, 0.29) is 0 Å². The number of hydrogen-bond donors (Lipinski definition) is 2. The predicted octanol–water partition coefficient (Wildman–Crippen LogP) is 1.57. The van der Waals surface area contributed by atoms with Crippen LogP contribution in [0, 0.1) is 0 Å². The van der Waals surface area contributed by atoms with Crippen LogP contribution in [0.15, 0.2) is 23.7 Å². The van der Waals surface area contributed by atoms with Crippen molar-refractivity contribution < 1.29 is 33.4 Å². The molecule has 0 saturated carbocycles. The van der Waals surface area contributed by atoms with Gasteiger partial charge in [0.15, 0.2) is 11.9 Å². The fourth-order valence-corrected chi connectivity index (χ4v) is 2.85. The summed E-state index contributed by atoms with van der Waals surface area (Å²) in [7, 11) is 0. The highest BCUT2D eigenvalue weighted by atomic mass is 32.1. The van der Waals surface area contributed by atoms with Gasteiger partial charge in [-0.2, -0.15) is 0 Å². The number of carbonyl (C=O) groups excluding carboxylic acids is 3. The van der Waals surface area contributed by atoms with E-state index in [9.17, 15) is 23.6 Å². The molecule has 134 valence electrons. The standard InChI is InChI=1S/C15H15FN2O6S/c1-8(14(22)17-9(6-13(20)21)11(19)7-16)24-15(23)18-4-2-12-10(18)3-5-25-12/h2-5,8-9H,6-7H2,1H3,(H,17,22)(H,20,21). The molecule has 8 nitrogen and oxygen atoms in total. The maximum atomic E-state index is 12.5. The first-order valence-electron chi connectivity index (χ1n) is 7.20. The number of nitrogens with one attached hydrogen (secondary N) is 1. The van der Waals surface area contributed by atoms with Gasteiger partial charge in [-0.3, -0.25) is 19.0 Å². The van der Waals surface area contributed by atoms with Gasteiger partial charge in [0, 0.05) is 6.20 Å². The third-order valence-electron chi connectivity index (χ3n) is 3.37. The number of halogens is 1. The Kier molecular flexibility index (Phi) is 5.86.